The van der Waals surface area contributed by atoms with Crippen molar-refractivity contribution in [1.82, 2.24) is 10.2 Å². The number of aryl methyl sites for hydroxylation is 1. The summed E-state index contributed by atoms with van der Waals surface area (Å²) in [6.07, 6.45) is 0. The van der Waals surface area contributed by atoms with E-state index in [1.807, 2.05) is 32.2 Å². The topological polar surface area (TPSA) is 50.8 Å². The monoisotopic (exact) mass is 278 g/mol. The quantitative estimate of drug-likeness (QED) is 0.891. The summed E-state index contributed by atoms with van der Waals surface area (Å²) >= 11 is 0. The molecule has 2 rings (SSSR count). The molecule has 1 aromatic carbocycles. The fourth-order valence-electron chi connectivity index (χ4n) is 2.38. The SMILES string of the molecule is COc1ccc(CN(C)C(=O)C2COCCN2)cc1C. The summed E-state index contributed by atoms with van der Waals surface area (Å²) in [4.78, 5) is 14.0. The zero-order valence-corrected chi connectivity index (χ0v) is 12.3. The standard InChI is InChI=1S/C15H22N2O3/c1-11-8-12(4-5-14(11)19-3)9-17(2)15(18)13-10-20-7-6-16-13/h4-5,8,13,16H,6-7,9-10H2,1-3H3. The Morgan fingerprint density at radius 3 is 2.95 bits per heavy atom. The van der Waals surface area contributed by atoms with Gasteiger partial charge in [0.15, 0.2) is 0 Å². The third-order valence-corrected chi connectivity index (χ3v) is 3.47. The predicted molar refractivity (Wildman–Crippen MR) is 76.8 cm³/mol. The summed E-state index contributed by atoms with van der Waals surface area (Å²) in [6.45, 7) is 4.43. The Morgan fingerprint density at radius 2 is 2.35 bits per heavy atom. The fraction of sp³-hybridized carbons (Fsp3) is 0.533. The number of nitrogens with zero attached hydrogens (tertiary/aromatic N) is 1. The van der Waals surface area contributed by atoms with Gasteiger partial charge in [-0.1, -0.05) is 12.1 Å². The molecule has 0 spiro atoms. The molecule has 1 atom stereocenters. The second-order valence-corrected chi connectivity index (χ2v) is 5.08. The van der Waals surface area contributed by atoms with E-state index in [2.05, 4.69) is 5.32 Å². The van der Waals surface area contributed by atoms with Crippen LogP contribution in [0.3, 0.4) is 0 Å². The molecule has 110 valence electrons. The molecule has 1 aliphatic heterocycles. The second-order valence-electron chi connectivity index (χ2n) is 5.08. The highest BCUT2D eigenvalue weighted by Gasteiger charge is 2.24. The van der Waals surface area contributed by atoms with Crippen LogP contribution >= 0.6 is 0 Å². The van der Waals surface area contributed by atoms with Crippen molar-refractivity contribution in [1.29, 1.82) is 0 Å². The van der Waals surface area contributed by atoms with Crippen LogP contribution in [-0.4, -0.2) is 50.8 Å². The molecule has 5 nitrogen and oxygen atoms in total. The van der Waals surface area contributed by atoms with Crippen LogP contribution in [0.25, 0.3) is 0 Å². The van der Waals surface area contributed by atoms with Gasteiger partial charge in [0.25, 0.3) is 0 Å². The van der Waals surface area contributed by atoms with E-state index < -0.39 is 0 Å². The summed E-state index contributed by atoms with van der Waals surface area (Å²) in [5.74, 6) is 0.934. The molecule has 0 saturated carbocycles. The molecule has 0 aliphatic carbocycles. The molecule has 0 bridgehead atoms. The van der Waals surface area contributed by atoms with E-state index in [1.54, 1.807) is 12.0 Å². The Bertz CT molecular complexity index is 470. The number of nitrogens with one attached hydrogen (secondary N) is 1. The van der Waals surface area contributed by atoms with Gasteiger partial charge in [0.2, 0.25) is 5.91 Å². The van der Waals surface area contributed by atoms with E-state index in [0.717, 1.165) is 23.4 Å². The molecule has 1 amide bonds. The zero-order valence-electron chi connectivity index (χ0n) is 12.3. The molecule has 1 heterocycles. The number of benzene rings is 1. The third kappa shape index (κ3) is 3.49. The number of hydrogen-bond donors (Lipinski definition) is 1. The van der Waals surface area contributed by atoms with Gasteiger partial charge in [0.05, 0.1) is 20.3 Å². The summed E-state index contributed by atoms with van der Waals surface area (Å²) in [7, 11) is 3.48. The van der Waals surface area contributed by atoms with Crippen molar-refractivity contribution in [2.45, 2.75) is 19.5 Å². The van der Waals surface area contributed by atoms with Crippen molar-refractivity contribution in [3.8, 4) is 5.75 Å². The van der Waals surface area contributed by atoms with Crippen LogP contribution in [-0.2, 0) is 16.1 Å². The lowest BCUT2D eigenvalue weighted by Gasteiger charge is -2.27. The number of ether oxygens (including phenoxy) is 2. The lowest BCUT2D eigenvalue weighted by atomic mass is 10.1. The molecule has 0 aromatic heterocycles. The zero-order chi connectivity index (χ0) is 14.5. The van der Waals surface area contributed by atoms with Gasteiger partial charge in [-0.05, 0) is 24.1 Å². The fourth-order valence-corrected chi connectivity index (χ4v) is 2.38. The first kappa shape index (κ1) is 14.8. The van der Waals surface area contributed by atoms with E-state index in [4.69, 9.17) is 9.47 Å². The van der Waals surface area contributed by atoms with Crippen molar-refractivity contribution < 1.29 is 14.3 Å². The maximum Gasteiger partial charge on any atom is 0.242 e. The highest BCUT2D eigenvalue weighted by Crippen LogP contribution is 2.19. The van der Waals surface area contributed by atoms with Crippen LogP contribution in [0.4, 0.5) is 0 Å². The van der Waals surface area contributed by atoms with E-state index in [9.17, 15) is 4.79 Å². The number of morpholine rings is 1. The Morgan fingerprint density at radius 1 is 1.55 bits per heavy atom. The summed E-state index contributed by atoms with van der Waals surface area (Å²) in [5.41, 5.74) is 2.17. The average Bonchev–Trinajstić information content (AvgIpc) is 2.47. The number of carbonyl (C=O) groups is 1. The van der Waals surface area contributed by atoms with Crippen molar-refractivity contribution in [3.05, 3.63) is 29.3 Å². The normalized spacial score (nSPS) is 18.6. The first-order valence-electron chi connectivity index (χ1n) is 6.81. The molecular formula is C15H22N2O3. The molecule has 1 aromatic rings. The van der Waals surface area contributed by atoms with Crippen LogP contribution in [0.1, 0.15) is 11.1 Å². The maximum atomic E-state index is 12.3. The number of hydrogen-bond acceptors (Lipinski definition) is 4. The predicted octanol–water partition coefficient (Wildman–Crippen LogP) is 0.950. The van der Waals surface area contributed by atoms with Gasteiger partial charge in [0, 0.05) is 20.1 Å². The number of methoxy groups -OCH3 is 1. The van der Waals surface area contributed by atoms with Gasteiger partial charge in [-0.15, -0.1) is 0 Å². The summed E-state index contributed by atoms with van der Waals surface area (Å²) in [5, 5.41) is 3.18. The van der Waals surface area contributed by atoms with Gasteiger partial charge >= 0.3 is 0 Å². The molecule has 0 radical (unpaired) electrons. The van der Waals surface area contributed by atoms with E-state index in [-0.39, 0.29) is 11.9 Å². The highest BCUT2D eigenvalue weighted by molar-refractivity contribution is 5.81. The van der Waals surface area contributed by atoms with Gasteiger partial charge in [-0.3, -0.25) is 4.79 Å². The molecule has 1 saturated heterocycles. The van der Waals surface area contributed by atoms with Crippen molar-refractivity contribution >= 4 is 5.91 Å². The van der Waals surface area contributed by atoms with E-state index >= 15 is 0 Å². The second kappa shape index (κ2) is 6.72. The van der Waals surface area contributed by atoms with E-state index in [0.29, 0.717) is 19.8 Å². The van der Waals surface area contributed by atoms with E-state index in [1.165, 1.54) is 0 Å². The van der Waals surface area contributed by atoms with Crippen molar-refractivity contribution in [3.63, 3.8) is 0 Å². The lowest BCUT2D eigenvalue weighted by Crippen LogP contribution is -2.51. The lowest BCUT2D eigenvalue weighted by molar-refractivity contribution is -0.135. The number of likely N-dealkylation sites (N-methyl/N-ethyl adjacent to an activating group) is 1. The maximum absolute atomic E-state index is 12.3. The number of carbonyl (C=O) groups excluding carboxylic acids is 1. The largest absolute Gasteiger partial charge is 0.496 e. The minimum Gasteiger partial charge on any atom is -0.496 e. The van der Waals surface area contributed by atoms with Crippen LogP contribution in [0, 0.1) is 6.92 Å². The Hall–Kier alpha value is -1.59. The van der Waals surface area contributed by atoms with Crippen molar-refractivity contribution in [2.24, 2.45) is 0 Å². The molecule has 1 fully saturated rings. The summed E-state index contributed by atoms with van der Waals surface area (Å²) in [6, 6.07) is 5.74. The van der Waals surface area contributed by atoms with Crippen LogP contribution < -0.4 is 10.1 Å². The Kier molecular flexibility index (Phi) is 4.98. The minimum absolute atomic E-state index is 0.0678. The Balaban J connectivity index is 1.98. The van der Waals surface area contributed by atoms with Crippen LogP contribution in [0.15, 0.2) is 18.2 Å². The van der Waals surface area contributed by atoms with Crippen molar-refractivity contribution in [2.75, 3.05) is 33.9 Å². The molecule has 1 aliphatic rings. The number of rotatable bonds is 4. The number of amides is 1. The van der Waals surface area contributed by atoms with Gasteiger partial charge < -0.3 is 19.7 Å². The highest BCUT2D eigenvalue weighted by atomic mass is 16.5. The van der Waals surface area contributed by atoms with Crippen LogP contribution in [0.5, 0.6) is 5.75 Å². The molecule has 5 heteroatoms. The van der Waals surface area contributed by atoms with Gasteiger partial charge in [-0.25, -0.2) is 0 Å². The molecule has 1 unspecified atom stereocenters. The van der Waals surface area contributed by atoms with Gasteiger partial charge in [-0.2, -0.15) is 0 Å². The Labute approximate surface area is 119 Å². The smallest absolute Gasteiger partial charge is 0.242 e. The first-order valence-corrected chi connectivity index (χ1v) is 6.81. The van der Waals surface area contributed by atoms with Gasteiger partial charge in [0.1, 0.15) is 11.8 Å². The third-order valence-electron chi connectivity index (χ3n) is 3.47. The minimum atomic E-state index is -0.229. The van der Waals surface area contributed by atoms with Crippen LogP contribution in [0.2, 0.25) is 0 Å². The summed E-state index contributed by atoms with van der Waals surface area (Å²) < 4.78 is 10.6. The molecule has 20 heavy (non-hydrogen) atoms. The first-order chi connectivity index (χ1) is 9.61. The average molecular weight is 278 g/mol. The molecular weight excluding hydrogens is 256 g/mol. The molecule has 1 N–H and O–H groups in total.